The van der Waals surface area contributed by atoms with Crippen LogP contribution < -0.4 is 5.32 Å². The van der Waals surface area contributed by atoms with Crippen molar-refractivity contribution in [3.8, 4) is 0 Å². The Hall–Kier alpha value is -1.96. The third kappa shape index (κ3) is 4.01. The Morgan fingerprint density at radius 3 is 2.67 bits per heavy atom. The van der Waals surface area contributed by atoms with Crippen LogP contribution in [0.2, 0.25) is 0 Å². The lowest BCUT2D eigenvalue weighted by Crippen LogP contribution is -2.42. The van der Waals surface area contributed by atoms with Gasteiger partial charge in [-0.1, -0.05) is 0 Å². The van der Waals surface area contributed by atoms with E-state index in [4.69, 9.17) is 0 Å². The smallest absolute Gasteiger partial charge is 0.321 e. The van der Waals surface area contributed by atoms with Gasteiger partial charge in [0.15, 0.2) is 0 Å². The Kier molecular flexibility index (Phi) is 4.89. The number of carbonyl (C=O) groups excluding carboxylic acids is 1. The number of non-ortho nitro benzene ring substituents is 1. The zero-order valence-corrected chi connectivity index (χ0v) is 12.5. The highest BCUT2D eigenvalue weighted by atomic mass is 32.2. The van der Waals surface area contributed by atoms with Gasteiger partial charge in [0, 0.05) is 52.7 Å². The summed E-state index contributed by atoms with van der Waals surface area (Å²) in [6, 6.07) is 5.44. The minimum Gasteiger partial charge on any atom is -0.321 e. The molecule has 0 aromatic heterocycles. The molecule has 1 aromatic carbocycles. The molecular formula is C13H17N3O4S. The highest BCUT2D eigenvalue weighted by molar-refractivity contribution is 7.85. The lowest BCUT2D eigenvalue weighted by Gasteiger charge is -2.26. The van der Waals surface area contributed by atoms with Crippen molar-refractivity contribution in [1.82, 2.24) is 4.90 Å². The van der Waals surface area contributed by atoms with Crippen molar-refractivity contribution in [3.63, 3.8) is 0 Å². The van der Waals surface area contributed by atoms with E-state index in [0.29, 0.717) is 30.2 Å². The quantitative estimate of drug-likeness (QED) is 0.667. The number of hydrogen-bond donors (Lipinski definition) is 1. The van der Waals surface area contributed by atoms with Crippen LogP contribution in [0.15, 0.2) is 24.3 Å². The molecule has 1 saturated heterocycles. The van der Waals surface area contributed by atoms with Gasteiger partial charge < -0.3 is 10.2 Å². The summed E-state index contributed by atoms with van der Waals surface area (Å²) in [5.74, 6) is 1.10. The molecule has 0 aliphatic carbocycles. The molecule has 7 nitrogen and oxygen atoms in total. The van der Waals surface area contributed by atoms with Crippen LogP contribution in [0, 0.1) is 10.1 Å². The predicted octanol–water partition coefficient (Wildman–Crippen LogP) is 1.97. The fourth-order valence-corrected chi connectivity index (χ4v) is 3.35. The first kappa shape index (κ1) is 15.4. The number of nitro groups is 1. The number of anilines is 1. The van der Waals surface area contributed by atoms with E-state index in [-0.39, 0.29) is 17.8 Å². The summed E-state index contributed by atoms with van der Waals surface area (Å²) in [7, 11) is -0.867. The van der Waals surface area contributed by atoms with Crippen LogP contribution in [-0.4, -0.2) is 44.2 Å². The van der Waals surface area contributed by atoms with E-state index in [0.717, 1.165) is 0 Å². The van der Waals surface area contributed by atoms with Crippen LogP contribution in [0.3, 0.4) is 0 Å². The van der Waals surface area contributed by atoms with E-state index < -0.39 is 15.7 Å². The molecule has 0 spiro atoms. The van der Waals surface area contributed by atoms with Gasteiger partial charge in [-0.2, -0.15) is 0 Å². The average molecular weight is 311 g/mol. The fourth-order valence-electron chi connectivity index (χ4n) is 2.14. The van der Waals surface area contributed by atoms with Crippen molar-refractivity contribution in [3.05, 3.63) is 34.4 Å². The summed E-state index contributed by atoms with van der Waals surface area (Å²) in [4.78, 5) is 24.0. The summed E-state index contributed by atoms with van der Waals surface area (Å²) in [5.41, 5.74) is 0.481. The van der Waals surface area contributed by atoms with Gasteiger partial charge in [0.2, 0.25) is 0 Å². The predicted molar refractivity (Wildman–Crippen MR) is 80.8 cm³/mol. The van der Waals surface area contributed by atoms with Crippen LogP contribution in [0.25, 0.3) is 0 Å². The first-order valence-electron chi connectivity index (χ1n) is 6.64. The molecule has 1 N–H and O–H groups in total. The standard InChI is InChI=1S/C13H17N3O4S/c1-10-6-8-21(20)9-7-15(10)13(17)14-11-2-4-12(5-3-11)16(18)19/h2-5,10H,6-9H2,1H3,(H,14,17)/t10-,21-/m0/s1. The number of rotatable bonds is 2. The molecule has 0 bridgehead atoms. The second-order valence-corrected chi connectivity index (χ2v) is 6.61. The molecular weight excluding hydrogens is 294 g/mol. The summed E-state index contributed by atoms with van der Waals surface area (Å²) in [5, 5.41) is 13.3. The van der Waals surface area contributed by atoms with Gasteiger partial charge in [0.25, 0.3) is 5.69 Å². The molecule has 1 heterocycles. The van der Waals surface area contributed by atoms with Crippen molar-refractivity contribution in [1.29, 1.82) is 0 Å². The number of nitrogens with one attached hydrogen (secondary N) is 1. The van der Waals surface area contributed by atoms with Crippen molar-refractivity contribution in [2.45, 2.75) is 19.4 Å². The lowest BCUT2D eigenvalue weighted by atomic mass is 10.2. The number of benzene rings is 1. The van der Waals surface area contributed by atoms with Crippen molar-refractivity contribution in [2.75, 3.05) is 23.4 Å². The summed E-state index contributed by atoms with van der Waals surface area (Å²) in [6.07, 6.45) is 0.709. The zero-order valence-electron chi connectivity index (χ0n) is 11.7. The SMILES string of the molecule is C[C@H]1CC[S@](=O)CCN1C(=O)Nc1ccc([N+](=O)[O-])cc1. The van der Waals surface area contributed by atoms with Gasteiger partial charge in [0.1, 0.15) is 0 Å². The highest BCUT2D eigenvalue weighted by Crippen LogP contribution is 2.17. The number of urea groups is 1. The van der Waals surface area contributed by atoms with Crippen LogP contribution >= 0.6 is 0 Å². The molecule has 2 rings (SSSR count). The number of amides is 2. The molecule has 1 aliphatic rings. The Morgan fingerprint density at radius 2 is 2.05 bits per heavy atom. The number of carbonyl (C=O) groups is 1. The molecule has 1 aliphatic heterocycles. The fraction of sp³-hybridized carbons (Fsp3) is 0.462. The van der Waals surface area contributed by atoms with Crippen molar-refractivity contribution in [2.24, 2.45) is 0 Å². The summed E-state index contributed by atoms with van der Waals surface area (Å²) < 4.78 is 11.5. The maximum Gasteiger partial charge on any atom is 0.322 e. The van der Waals surface area contributed by atoms with Crippen LogP contribution in [-0.2, 0) is 10.8 Å². The third-order valence-corrected chi connectivity index (χ3v) is 4.77. The molecule has 21 heavy (non-hydrogen) atoms. The van der Waals surface area contributed by atoms with E-state index in [1.807, 2.05) is 6.92 Å². The summed E-state index contributed by atoms with van der Waals surface area (Å²) >= 11 is 0. The molecule has 0 saturated carbocycles. The lowest BCUT2D eigenvalue weighted by molar-refractivity contribution is -0.384. The molecule has 0 radical (unpaired) electrons. The number of nitro benzene ring substituents is 1. The van der Waals surface area contributed by atoms with Gasteiger partial charge >= 0.3 is 6.03 Å². The minimum absolute atomic E-state index is 0.0217. The van der Waals surface area contributed by atoms with Crippen molar-refractivity contribution >= 4 is 28.2 Å². The van der Waals surface area contributed by atoms with Crippen molar-refractivity contribution < 1.29 is 13.9 Å². The van der Waals surface area contributed by atoms with Crippen LogP contribution in [0.4, 0.5) is 16.2 Å². The molecule has 2 atom stereocenters. The normalized spacial score (nSPS) is 22.4. The first-order chi connectivity index (χ1) is 9.97. The Labute approximate surface area is 124 Å². The van der Waals surface area contributed by atoms with Gasteiger partial charge in [-0.05, 0) is 25.5 Å². The van der Waals surface area contributed by atoms with E-state index in [2.05, 4.69) is 5.32 Å². The second-order valence-electron chi connectivity index (χ2n) is 4.91. The monoisotopic (exact) mass is 311 g/mol. The van der Waals surface area contributed by atoms with Crippen LogP contribution in [0.1, 0.15) is 13.3 Å². The Balaban J connectivity index is 2.02. The van der Waals surface area contributed by atoms with Gasteiger partial charge in [-0.15, -0.1) is 0 Å². The minimum atomic E-state index is -0.867. The topological polar surface area (TPSA) is 92.6 Å². The van der Waals surface area contributed by atoms with E-state index in [9.17, 15) is 19.1 Å². The Bertz CT molecular complexity index is 561. The number of nitrogens with zero attached hydrogens (tertiary/aromatic N) is 2. The van der Waals surface area contributed by atoms with Gasteiger partial charge in [0.05, 0.1) is 4.92 Å². The molecule has 2 amide bonds. The van der Waals surface area contributed by atoms with E-state index >= 15 is 0 Å². The molecule has 0 unspecified atom stereocenters. The van der Waals surface area contributed by atoms with Crippen LogP contribution in [0.5, 0.6) is 0 Å². The molecule has 114 valence electrons. The van der Waals surface area contributed by atoms with Gasteiger partial charge in [-0.3, -0.25) is 14.3 Å². The zero-order chi connectivity index (χ0) is 15.4. The first-order valence-corrected chi connectivity index (χ1v) is 8.13. The number of hydrogen-bond acceptors (Lipinski definition) is 4. The maximum absolute atomic E-state index is 12.2. The second kappa shape index (κ2) is 6.66. The Morgan fingerprint density at radius 1 is 1.38 bits per heavy atom. The molecule has 1 fully saturated rings. The molecule has 1 aromatic rings. The summed E-state index contributed by atoms with van der Waals surface area (Å²) in [6.45, 7) is 2.38. The van der Waals surface area contributed by atoms with Gasteiger partial charge in [-0.25, -0.2) is 4.79 Å². The van der Waals surface area contributed by atoms with E-state index in [1.54, 1.807) is 4.90 Å². The highest BCUT2D eigenvalue weighted by Gasteiger charge is 2.24. The third-order valence-electron chi connectivity index (χ3n) is 3.45. The molecule has 8 heteroatoms. The average Bonchev–Trinajstić information content (AvgIpc) is 2.61. The largest absolute Gasteiger partial charge is 0.322 e. The maximum atomic E-state index is 12.2. The van der Waals surface area contributed by atoms with E-state index in [1.165, 1.54) is 24.3 Å².